The lowest BCUT2D eigenvalue weighted by Crippen LogP contribution is -2.26. The number of rotatable bonds is 6. The van der Waals surface area contributed by atoms with Gasteiger partial charge < -0.3 is 10.1 Å². The first-order chi connectivity index (χ1) is 10.8. The molecule has 6 nitrogen and oxygen atoms in total. The molecule has 1 aromatic heterocycles. The molecule has 1 aromatic carbocycles. The zero-order valence-electron chi connectivity index (χ0n) is 12.4. The minimum absolute atomic E-state index is 0.101. The van der Waals surface area contributed by atoms with Gasteiger partial charge in [0.05, 0.1) is 6.10 Å². The second-order valence-corrected chi connectivity index (χ2v) is 5.49. The van der Waals surface area contributed by atoms with Gasteiger partial charge in [0.25, 0.3) is 5.91 Å². The van der Waals surface area contributed by atoms with Crippen molar-refractivity contribution in [3.05, 3.63) is 42.0 Å². The number of aromatic amines is 1. The molecule has 1 aliphatic carbocycles. The van der Waals surface area contributed by atoms with Gasteiger partial charge in [-0.15, -0.1) is 0 Å². The highest BCUT2D eigenvalue weighted by atomic mass is 16.5. The first-order valence-corrected chi connectivity index (χ1v) is 7.70. The van der Waals surface area contributed by atoms with Crippen molar-refractivity contribution in [3.63, 3.8) is 0 Å². The molecule has 1 heterocycles. The molecule has 2 N–H and O–H groups in total. The van der Waals surface area contributed by atoms with Crippen LogP contribution in [0.2, 0.25) is 0 Å². The number of aromatic nitrogens is 3. The van der Waals surface area contributed by atoms with Crippen molar-refractivity contribution in [3.8, 4) is 5.75 Å². The Morgan fingerprint density at radius 2 is 2.23 bits per heavy atom. The number of benzene rings is 1. The lowest BCUT2D eigenvalue weighted by atomic mass is 10.2. The van der Waals surface area contributed by atoms with Gasteiger partial charge in [-0.25, -0.2) is 4.98 Å². The zero-order valence-corrected chi connectivity index (χ0v) is 12.4. The molecule has 22 heavy (non-hydrogen) atoms. The summed E-state index contributed by atoms with van der Waals surface area (Å²) in [6.45, 7) is 0.516. The van der Waals surface area contributed by atoms with Crippen molar-refractivity contribution in [1.29, 1.82) is 0 Å². The summed E-state index contributed by atoms with van der Waals surface area (Å²) in [7, 11) is 0. The first kappa shape index (κ1) is 14.6. The molecule has 0 atom stereocenters. The fourth-order valence-electron chi connectivity index (χ4n) is 2.66. The quantitative estimate of drug-likeness (QED) is 0.856. The molecule has 1 amide bonds. The van der Waals surface area contributed by atoms with Gasteiger partial charge >= 0.3 is 0 Å². The summed E-state index contributed by atoms with van der Waals surface area (Å²) in [5.41, 5.74) is 0.619. The van der Waals surface area contributed by atoms with Gasteiger partial charge in [0.2, 0.25) is 0 Å². The fraction of sp³-hybridized carbons (Fsp3) is 0.438. The lowest BCUT2D eigenvalue weighted by Gasteiger charge is -2.13. The second kappa shape index (κ2) is 7.06. The van der Waals surface area contributed by atoms with Crippen LogP contribution < -0.4 is 10.1 Å². The standard InChI is InChI=1S/C16H20N4O2/c21-16(17-9-8-15-18-11-19-20-15)12-4-3-7-14(10-12)22-13-5-1-2-6-13/h3-4,7,10-11,13H,1-2,5-6,8-9H2,(H,17,21)(H,18,19,20). The number of nitrogens with zero attached hydrogens (tertiary/aromatic N) is 2. The zero-order chi connectivity index (χ0) is 15.2. The predicted molar refractivity (Wildman–Crippen MR) is 81.7 cm³/mol. The second-order valence-electron chi connectivity index (χ2n) is 5.49. The van der Waals surface area contributed by atoms with E-state index in [1.165, 1.54) is 19.2 Å². The SMILES string of the molecule is O=C(NCCc1ncn[nH]1)c1cccc(OC2CCCC2)c1. The Balaban J connectivity index is 1.52. The summed E-state index contributed by atoms with van der Waals surface area (Å²) in [6, 6.07) is 7.37. The van der Waals surface area contributed by atoms with E-state index in [9.17, 15) is 4.79 Å². The number of ether oxygens (including phenoxy) is 1. The molecule has 3 rings (SSSR count). The summed E-state index contributed by atoms with van der Waals surface area (Å²) in [4.78, 5) is 16.2. The minimum Gasteiger partial charge on any atom is -0.490 e. The van der Waals surface area contributed by atoms with Crippen LogP contribution in [-0.4, -0.2) is 33.7 Å². The molecule has 1 fully saturated rings. The van der Waals surface area contributed by atoms with Gasteiger partial charge in [0.1, 0.15) is 17.9 Å². The Morgan fingerprint density at radius 3 is 3.00 bits per heavy atom. The molecule has 0 saturated heterocycles. The number of hydrogen-bond donors (Lipinski definition) is 2. The highest BCUT2D eigenvalue weighted by Gasteiger charge is 2.17. The van der Waals surface area contributed by atoms with E-state index in [-0.39, 0.29) is 5.91 Å². The van der Waals surface area contributed by atoms with Crippen LogP contribution in [0, 0.1) is 0 Å². The highest BCUT2D eigenvalue weighted by molar-refractivity contribution is 5.94. The van der Waals surface area contributed by atoms with Gasteiger partial charge in [-0.3, -0.25) is 9.89 Å². The summed E-state index contributed by atoms with van der Waals surface area (Å²) in [5, 5.41) is 9.42. The maximum absolute atomic E-state index is 12.1. The molecule has 116 valence electrons. The maximum atomic E-state index is 12.1. The summed E-state index contributed by atoms with van der Waals surface area (Å²) in [6.07, 6.45) is 7.05. The molecule has 0 aliphatic heterocycles. The van der Waals surface area contributed by atoms with E-state index in [1.54, 1.807) is 6.07 Å². The van der Waals surface area contributed by atoms with E-state index in [1.807, 2.05) is 18.2 Å². The Morgan fingerprint density at radius 1 is 1.36 bits per heavy atom. The van der Waals surface area contributed by atoms with Crippen molar-refractivity contribution < 1.29 is 9.53 Å². The molecular formula is C16H20N4O2. The van der Waals surface area contributed by atoms with Crippen LogP contribution in [0.25, 0.3) is 0 Å². The molecule has 2 aromatic rings. The summed E-state index contributed by atoms with van der Waals surface area (Å²) in [5.74, 6) is 1.43. The highest BCUT2D eigenvalue weighted by Crippen LogP contribution is 2.24. The summed E-state index contributed by atoms with van der Waals surface area (Å²) < 4.78 is 5.93. The average Bonchev–Trinajstić information content (AvgIpc) is 3.21. The third-order valence-corrected chi connectivity index (χ3v) is 3.81. The van der Waals surface area contributed by atoms with Crippen molar-refractivity contribution in [2.75, 3.05) is 6.54 Å². The first-order valence-electron chi connectivity index (χ1n) is 7.70. The molecule has 0 unspecified atom stereocenters. The van der Waals surface area contributed by atoms with Crippen LogP contribution in [0.15, 0.2) is 30.6 Å². The number of amides is 1. The number of H-pyrrole nitrogens is 1. The minimum atomic E-state index is -0.101. The molecular weight excluding hydrogens is 280 g/mol. The van der Waals surface area contributed by atoms with Gasteiger partial charge in [0, 0.05) is 18.5 Å². The topological polar surface area (TPSA) is 79.9 Å². The lowest BCUT2D eigenvalue weighted by molar-refractivity contribution is 0.0953. The summed E-state index contributed by atoms with van der Waals surface area (Å²) >= 11 is 0. The average molecular weight is 300 g/mol. The Hall–Kier alpha value is -2.37. The van der Waals surface area contributed by atoms with Crippen LogP contribution in [-0.2, 0) is 6.42 Å². The smallest absolute Gasteiger partial charge is 0.251 e. The largest absolute Gasteiger partial charge is 0.490 e. The van der Waals surface area contributed by atoms with E-state index in [0.29, 0.717) is 24.6 Å². The molecule has 6 heteroatoms. The predicted octanol–water partition coefficient (Wildman–Crippen LogP) is 2.10. The number of hydrogen-bond acceptors (Lipinski definition) is 4. The number of nitrogens with one attached hydrogen (secondary N) is 2. The van der Waals surface area contributed by atoms with Gasteiger partial charge in [-0.2, -0.15) is 5.10 Å². The maximum Gasteiger partial charge on any atom is 0.251 e. The van der Waals surface area contributed by atoms with E-state index < -0.39 is 0 Å². The van der Waals surface area contributed by atoms with Gasteiger partial charge in [-0.1, -0.05) is 6.07 Å². The van der Waals surface area contributed by atoms with Crippen LogP contribution in [0.3, 0.4) is 0 Å². The van der Waals surface area contributed by atoms with Gasteiger partial charge in [0.15, 0.2) is 0 Å². The third-order valence-electron chi connectivity index (χ3n) is 3.81. The Labute approximate surface area is 129 Å². The van der Waals surface area contributed by atoms with E-state index >= 15 is 0 Å². The number of carbonyl (C=O) groups is 1. The van der Waals surface area contributed by atoms with Crippen LogP contribution >= 0.6 is 0 Å². The van der Waals surface area contributed by atoms with Gasteiger partial charge in [-0.05, 0) is 43.9 Å². The monoisotopic (exact) mass is 300 g/mol. The van der Waals surface area contributed by atoms with Crippen molar-refractivity contribution in [1.82, 2.24) is 20.5 Å². The molecule has 0 bridgehead atoms. The normalized spacial score (nSPS) is 14.9. The van der Waals surface area contributed by atoms with E-state index in [4.69, 9.17) is 4.74 Å². The molecule has 0 radical (unpaired) electrons. The van der Waals surface area contributed by atoms with Crippen molar-refractivity contribution in [2.24, 2.45) is 0 Å². The van der Waals surface area contributed by atoms with E-state index in [2.05, 4.69) is 20.5 Å². The third kappa shape index (κ3) is 3.84. The Bertz CT molecular complexity index is 606. The van der Waals surface area contributed by atoms with Crippen LogP contribution in [0.5, 0.6) is 5.75 Å². The number of carbonyl (C=O) groups excluding carboxylic acids is 1. The van der Waals surface area contributed by atoms with Crippen molar-refractivity contribution >= 4 is 5.91 Å². The molecule has 1 saturated carbocycles. The van der Waals surface area contributed by atoms with Crippen LogP contribution in [0.1, 0.15) is 41.9 Å². The van der Waals surface area contributed by atoms with E-state index in [0.717, 1.165) is 24.4 Å². The van der Waals surface area contributed by atoms with Crippen LogP contribution in [0.4, 0.5) is 0 Å². The fourth-order valence-corrected chi connectivity index (χ4v) is 2.66. The molecule has 0 spiro atoms. The molecule has 1 aliphatic rings. The Kier molecular flexibility index (Phi) is 4.68. The van der Waals surface area contributed by atoms with Crippen molar-refractivity contribution in [2.45, 2.75) is 38.2 Å².